The van der Waals surface area contributed by atoms with Gasteiger partial charge in [0.1, 0.15) is 11.5 Å². The number of pyridine rings is 1. The predicted molar refractivity (Wildman–Crippen MR) is 170 cm³/mol. The van der Waals surface area contributed by atoms with Crippen molar-refractivity contribution in [3.05, 3.63) is 158 Å². The van der Waals surface area contributed by atoms with Gasteiger partial charge in [0.2, 0.25) is 0 Å². The average Bonchev–Trinajstić information content (AvgIpc) is 3.55. The molecule has 0 atom stereocenters. The molecule has 8 rings (SSSR count). The Morgan fingerprint density at radius 3 is 1.71 bits per heavy atom. The van der Waals surface area contributed by atoms with Crippen LogP contribution in [0.2, 0.25) is 0 Å². The molecule has 5 aromatic carbocycles. The monoisotopic (exact) mass is 526 g/mol. The quantitative estimate of drug-likeness (QED) is 0.223. The summed E-state index contributed by atoms with van der Waals surface area (Å²) in [5.74, 6) is 0.878. The summed E-state index contributed by atoms with van der Waals surface area (Å²) in [4.78, 5) is 6.96. The van der Waals surface area contributed by atoms with Gasteiger partial charge in [-0.15, -0.1) is 0 Å². The van der Waals surface area contributed by atoms with E-state index < -0.39 is 0 Å². The molecule has 0 unspecified atom stereocenters. The van der Waals surface area contributed by atoms with Gasteiger partial charge in [-0.3, -0.25) is 14.0 Å². The van der Waals surface area contributed by atoms with Crippen LogP contribution in [0.4, 0.5) is 17.2 Å². The van der Waals surface area contributed by atoms with E-state index in [2.05, 4.69) is 147 Å². The molecule has 0 saturated heterocycles. The van der Waals surface area contributed by atoms with Gasteiger partial charge < -0.3 is 0 Å². The highest BCUT2D eigenvalue weighted by Crippen LogP contribution is 2.43. The topological polar surface area (TPSA) is 26.0 Å². The van der Waals surface area contributed by atoms with Crippen molar-refractivity contribution in [3.63, 3.8) is 0 Å². The molecule has 0 radical (unpaired) electrons. The Kier molecular flexibility index (Phi) is 5.42. The number of benzene rings is 5. The van der Waals surface area contributed by atoms with Crippen LogP contribution in [0.5, 0.6) is 0 Å². The summed E-state index contributed by atoms with van der Waals surface area (Å²) in [5.41, 5.74) is 7.89. The highest BCUT2D eigenvalue weighted by molar-refractivity contribution is 6.23. The van der Waals surface area contributed by atoms with Crippen molar-refractivity contribution >= 4 is 50.0 Å². The van der Waals surface area contributed by atoms with E-state index in [0.29, 0.717) is 0 Å². The number of anilines is 3. The fourth-order valence-corrected chi connectivity index (χ4v) is 6.03. The molecule has 4 heteroatoms. The van der Waals surface area contributed by atoms with Crippen molar-refractivity contribution in [3.8, 4) is 11.4 Å². The Bertz CT molecular complexity index is 2090. The molecule has 194 valence electrons. The van der Waals surface area contributed by atoms with E-state index in [0.717, 1.165) is 39.7 Å². The number of para-hydroxylation sites is 4. The standard InChI is InChI=1S/C37H26N4/c1-4-14-27(15-5-1)39(35-22-12-13-25-38-35)30-23-24-34-32(26-30)36-31-20-10-11-21-33(31)40(28-16-6-2-7-17-28)37(36)41(34)29-18-8-3-9-19-29/h1-26H. The highest BCUT2D eigenvalue weighted by atomic mass is 15.2. The third-order valence-corrected chi connectivity index (χ3v) is 7.73. The molecule has 3 heterocycles. The third-order valence-electron chi connectivity index (χ3n) is 7.73. The Morgan fingerprint density at radius 2 is 1.05 bits per heavy atom. The summed E-state index contributed by atoms with van der Waals surface area (Å²) in [6.45, 7) is 0. The van der Waals surface area contributed by atoms with Crippen molar-refractivity contribution in [1.82, 2.24) is 14.1 Å². The summed E-state index contributed by atoms with van der Waals surface area (Å²) in [6.07, 6.45) is 1.85. The number of hydrogen-bond acceptors (Lipinski definition) is 2. The second kappa shape index (κ2) is 9.54. The number of fused-ring (bicyclic) bond motifs is 5. The van der Waals surface area contributed by atoms with Crippen LogP contribution in [-0.2, 0) is 0 Å². The fraction of sp³-hybridized carbons (Fsp3) is 0. The van der Waals surface area contributed by atoms with Crippen molar-refractivity contribution in [2.75, 3.05) is 4.90 Å². The first-order valence-corrected chi connectivity index (χ1v) is 13.8. The summed E-state index contributed by atoms with van der Waals surface area (Å²) in [7, 11) is 0. The van der Waals surface area contributed by atoms with Crippen LogP contribution < -0.4 is 4.90 Å². The first-order valence-electron chi connectivity index (χ1n) is 13.8. The molecular formula is C37H26N4. The summed E-state index contributed by atoms with van der Waals surface area (Å²) in [5, 5.41) is 3.66. The zero-order valence-corrected chi connectivity index (χ0v) is 22.3. The van der Waals surface area contributed by atoms with Gasteiger partial charge >= 0.3 is 0 Å². The highest BCUT2D eigenvalue weighted by Gasteiger charge is 2.23. The number of rotatable bonds is 5. The van der Waals surface area contributed by atoms with Gasteiger partial charge in [0.05, 0.1) is 11.0 Å². The molecule has 3 aromatic heterocycles. The van der Waals surface area contributed by atoms with E-state index in [1.54, 1.807) is 0 Å². The molecule has 8 aromatic rings. The van der Waals surface area contributed by atoms with Crippen molar-refractivity contribution in [1.29, 1.82) is 0 Å². The lowest BCUT2D eigenvalue weighted by atomic mass is 10.1. The van der Waals surface area contributed by atoms with Gasteiger partial charge in [0.15, 0.2) is 0 Å². The van der Waals surface area contributed by atoms with E-state index in [1.165, 1.54) is 21.7 Å². The minimum absolute atomic E-state index is 0.878. The molecule has 0 spiro atoms. The zero-order valence-electron chi connectivity index (χ0n) is 22.3. The Hall–Kier alpha value is -5.61. The first-order chi connectivity index (χ1) is 20.4. The normalized spacial score (nSPS) is 11.4. The summed E-state index contributed by atoms with van der Waals surface area (Å²) < 4.78 is 4.79. The molecule has 0 fully saturated rings. The van der Waals surface area contributed by atoms with Crippen molar-refractivity contribution < 1.29 is 0 Å². The molecule has 0 amide bonds. The van der Waals surface area contributed by atoms with Gasteiger partial charge in [-0.25, -0.2) is 4.98 Å². The van der Waals surface area contributed by atoms with Gasteiger partial charge in [0, 0.05) is 45.1 Å². The summed E-state index contributed by atoms with van der Waals surface area (Å²) in [6, 6.07) is 53.3. The molecule has 0 aliphatic heterocycles. The maximum absolute atomic E-state index is 4.74. The molecule has 0 saturated carbocycles. The second-order valence-electron chi connectivity index (χ2n) is 10.1. The van der Waals surface area contributed by atoms with Crippen LogP contribution in [0, 0.1) is 0 Å². The maximum Gasteiger partial charge on any atom is 0.137 e. The number of hydrogen-bond donors (Lipinski definition) is 0. The Balaban J connectivity index is 1.51. The van der Waals surface area contributed by atoms with E-state index in [-0.39, 0.29) is 0 Å². The third kappa shape index (κ3) is 3.73. The number of aromatic nitrogens is 3. The van der Waals surface area contributed by atoms with Crippen molar-refractivity contribution in [2.45, 2.75) is 0 Å². The van der Waals surface area contributed by atoms with E-state index in [9.17, 15) is 0 Å². The van der Waals surface area contributed by atoms with Crippen LogP contribution in [-0.4, -0.2) is 14.1 Å². The average molecular weight is 527 g/mol. The molecule has 4 nitrogen and oxygen atoms in total. The Labute approximate surface area is 238 Å². The van der Waals surface area contributed by atoms with Crippen molar-refractivity contribution in [2.24, 2.45) is 0 Å². The predicted octanol–water partition coefficient (Wildman–Crippen LogP) is 9.59. The minimum atomic E-state index is 0.878. The SMILES string of the molecule is c1ccc(N(c2ccc3c(c2)c2c4ccccc4n(-c4ccccc4)c2n3-c2ccccc2)c2ccccn2)cc1. The second-order valence-corrected chi connectivity index (χ2v) is 10.1. The maximum atomic E-state index is 4.74. The number of nitrogens with zero attached hydrogens (tertiary/aromatic N) is 4. The van der Waals surface area contributed by atoms with E-state index in [4.69, 9.17) is 4.98 Å². The van der Waals surface area contributed by atoms with Crippen LogP contribution in [0.3, 0.4) is 0 Å². The lowest BCUT2D eigenvalue weighted by Crippen LogP contribution is -2.11. The van der Waals surface area contributed by atoms with Crippen LogP contribution in [0.15, 0.2) is 158 Å². The molecular weight excluding hydrogens is 500 g/mol. The Morgan fingerprint density at radius 1 is 0.463 bits per heavy atom. The van der Waals surface area contributed by atoms with E-state index >= 15 is 0 Å². The molecule has 0 aliphatic rings. The molecule has 0 aliphatic carbocycles. The lowest BCUT2D eigenvalue weighted by Gasteiger charge is -2.24. The smallest absolute Gasteiger partial charge is 0.137 e. The molecule has 0 N–H and O–H groups in total. The van der Waals surface area contributed by atoms with Gasteiger partial charge in [-0.1, -0.05) is 78.9 Å². The van der Waals surface area contributed by atoms with E-state index in [1.807, 2.05) is 24.4 Å². The van der Waals surface area contributed by atoms with Gasteiger partial charge in [0.25, 0.3) is 0 Å². The molecule has 0 bridgehead atoms. The van der Waals surface area contributed by atoms with Gasteiger partial charge in [-0.2, -0.15) is 0 Å². The summed E-state index contributed by atoms with van der Waals surface area (Å²) >= 11 is 0. The zero-order chi connectivity index (χ0) is 27.2. The van der Waals surface area contributed by atoms with Gasteiger partial charge in [-0.05, 0) is 72.8 Å². The van der Waals surface area contributed by atoms with Crippen LogP contribution in [0.1, 0.15) is 0 Å². The van der Waals surface area contributed by atoms with Crippen LogP contribution >= 0.6 is 0 Å². The largest absolute Gasteiger partial charge is 0.295 e. The first kappa shape index (κ1) is 23.3. The van der Waals surface area contributed by atoms with Crippen LogP contribution in [0.25, 0.3) is 44.2 Å². The molecule has 41 heavy (non-hydrogen) atoms. The fourth-order valence-electron chi connectivity index (χ4n) is 6.03. The minimum Gasteiger partial charge on any atom is -0.295 e. The lowest BCUT2D eigenvalue weighted by molar-refractivity contribution is 1.07.